The SMILES string of the molecule is COc1ccc(NC(=O)N(C)CCOc2ccc(C)cc2)cn1. The van der Waals surface area contributed by atoms with E-state index in [1.165, 1.54) is 5.56 Å². The fraction of sp³-hybridized carbons (Fsp3) is 0.294. The molecule has 6 heteroatoms. The highest BCUT2D eigenvalue weighted by Crippen LogP contribution is 2.12. The van der Waals surface area contributed by atoms with E-state index < -0.39 is 0 Å². The largest absolute Gasteiger partial charge is 0.492 e. The molecule has 2 amide bonds. The second kappa shape index (κ2) is 8.03. The van der Waals surface area contributed by atoms with E-state index in [-0.39, 0.29) is 6.03 Å². The van der Waals surface area contributed by atoms with Crippen molar-refractivity contribution in [3.8, 4) is 11.6 Å². The first kappa shape index (κ1) is 16.6. The molecule has 0 aliphatic heterocycles. The highest BCUT2D eigenvalue weighted by molar-refractivity contribution is 5.88. The zero-order valence-corrected chi connectivity index (χ0v) is 13.6. The molecule has 0 aliphatic carbocycles. The molecule has 0 unspecified atom stereocenters. The van der Waals surface area contributed by atoms with Gasteiger partial charge < -0.3 is 19.7 Å². The van der Waals surface area contributed by atoms with Crippen molar-refractivity contribution in [1.29, 1.82) is 0 Å². The minimum atomic E-state index is -0.218. The Balaban J connectivity index is 1.76. The number of methoxy groups -OCH3 is 1. The molecule has 2 aromatic rings. The number of aryl methyl sites for hydroxylation is 1. The number of nitrogens with one attached hydrogen (secondary N) is 1. The molecule has 1 aromatic heterocycles. The summed E-state index contributed by atoms with van der Waals surface area (Å²) in [6, 6.07) is 11.0. The van der Waals surface area contributed by atoms with Gasteiger partial charge in [-0.2, -0.15) is 0 Å². The Kier molecular flexibility index (Phi) is 5.80. The minimum absolute atomic E-state index is 0.218. The Bertz CT molecular complexity index is 627. The van der Waals surface area contributed by atoms with Gasteiger partial charge in [0.2, 0.25) is 5.88 Å². The van der Waals surface area contributed by atoms with Crippen molar-refractivity contribution >= 4 is 11.7 Å². The van der Waals surface area contributed by atoms with Crippen LogP contribution in [0.25, 0.3) is 0 Å². The molecule has 2 rings (SSSR count). The molecule has 6 nitrogen and oxygen atoms in total. The summed E-state index contributed by atoms with van der Waals surface area (Å²) in [7, 11) is 3.26. The van der Waals surface area contributed by atoms with Gasteiger partial charge in [-0.1, -0.05) is 17.7 Å². The molecule has 1 N–H and O–H groups in total. The number of hydrogen-bond donors (Lipinski definition) is 1. The summed E-state index contributed by atoms with van der Waals surface area (Å²) in [4.78, 5) is 17.6. The number of hydrogen-bond acceptors (Lipinski definition) is 4. The third-order valence-electron chi connectivity index (χ3n) is 3.26. The first-order valence-electron chi connectivity index (χ1n) is 7.30. The van der Waals surface area contributed by atoms with Gasteiger partial charge in [0.15, 0.2) is 0 Å². The maximum atomic E-state index is 12.1. The number of benzene rings is 1. The lowest BCUT2D eigenvalue weighted by atomic mass is 10.2. The lowest BCUT2D eigenvalue weighted by Crippen LogP contribution is -2.34. The van der Waals surface area contributed by atoms with E-state index in [0.29, 0.717) is 24.7 Å². The molecule has 0 bridgehead atoms. The molecular weight excluding hydrogens is 294 g/mol. The lowest BCUT2D eigenvalue weighted by molar-refractivity contribution is 0.207. The van der Waals surface area contributed by atoms with E-state index in [1.54, 1.807) is 37.4 Å². The van der Waals surface area contributed by atoms with Gasteiger partial charge in [-0.25, -0.2) is 9.78 Å². The van der Waals surface area contributed by atoms with Gasteiger partial charge in [0.1, 0.15) is 12.4 Å². The third kappa shape index (κ3) is 5.18. The topological polar surface area (TPSA) is 63.7 Å². The van der Waals surface area contributed by atoms with Crippen molar-refractivity contribution < 1.29 is 14.3 Å². The monoisotopic (exact) mass is 315 g/mol. The van der Waals surface area contributed by atoms with E-state index in [0.717, 1.165) is 5.75 Å². The molecule has 1 aromatic carbocycles. The number of rotatable bonds is 6. The average Bonchev–Trinajstić information content (AvgIpc) is 2.57. The van der Waals surface area contributed by atoms with Crippen LogP contribution in [0, 0.1) is 6.92 Å². The fourth-order valence-electron chi connectivity index (χ4n) is 1.83. The number of pyridine rings is 1. The van der Waals surface area contributed by atoms with Gasteiger partial charge in [-0.3, -0.25) is 0 Å². The Morgan fingerprint density at radius 1 is 1.22 bits per heavy atom. The van der Waals surface area contributed by atoms with Crippen LogP contribution >= 0.6 is 0 Å². The second-order valence-corrected chi connectivity index (χ2v) is 5.10. The first-order valence-corrected chi connectivity index (χ1v) is 7.30. The third-order valence-corrected chi connectivity index (χ3v) is 3.26. The number of urea groups is 1. The van der Waals surface area contributed by atoms with Crippen molar-refractivity contribution in [3.63, 3.8) is 0 Å². The van der Waals surface area contributed by atoms with Crippen LogP contribution < -0.4 is 14.8 Å². The Labute approximate surface area is 136 Å². The summed E-state index contributed by atoms with van der Waals surface area (Å²) < 4.78 is 10.6. The summed E-state index contributed by atoms with van der Waals surface area (Å²) in [5.41, 5.74) is 1.80. The standard InChI is InChI=1S/C17H21N3O3/c1-13-4-7-15(8-5-13)23-11-10-20(2)17(21)19-14-6-9-16(22-3)18-12-14/h4-9,12H,10-11H2,1-3H3,(H,19,21). The minimum Gasteiger partial charge on any atom is -0.492 e. The Hall–Kier alpha value is -2.76. The van der Waals surface area contributed by atoms with Crippen molar-refractivity contribution in [2.45, 2.75) is 6.92 Å². The maximum Gasteiger partial charge on any atom is 0.321 e. The zero-order valence-electron chi connectivity index (χ0n) is 13.6. The van der Waals surface area contributed by atoms with Gasteiger partial charge >= 0.3 is 6.03 Å². The smallest absolute Gasteiger partial charge is 0.321 e. The van der Waals surface area contributed by atoms with Crippen LogP contribution in [-0.2, 0) is 0 Å². The van der Waals surface area contributed by atoms with Gasteiger partial charge in [-0.15, -0.1) is 0 Å². The van der Waals surface area contributed by atoms with Crippen LogP contribution in [0.15, 0.2) is 42.6 Å². The van der Waals surface area contributed by atoms with Gasteiger partial charge in [0.25, 0.3) is 0 Å². The van der Waals surface area contributed by atoms with E-state index in [4.69, 9.17) is 9.47 Å². The number of aromatic nitrogens is 1. The van der Waals surface area contributed by atoms with Gasteiger partial charge in [0, 0.05) is 13.1 Å². The highest BCUT2D eigenvalue weighted by Gasteiger charge is 2.09. The number of carbonyl (C=O) groups excluding carboxylic acids is 1. The van der Waals surface area contributed by atoms with Gasteiger partial charge in [-0.05, 0) is 25.1 Å². The molecule has 122 valence electrons. The van der Waals surface area contributed by atoms with Crippen LogP contribution in [0.2, 0.25) is 0 Å². The second-order valence-electron chi connectivity index (χ2n) is 5.10. The van der Waals surface area contributed by atoms with Crippen molar-refractivity contribution in [2.75, 3.05) is 32.6 Å². The molecule has 0 spiro atoms. The van der Waals surface area contributed by atoms with Gasteiger partial charge in [0.05, 0.1) is 25.5 Å². The van der Waals surface area contributed by atoms with E-state index in [1.807, 2.05) is 31.2 Å². The summed E-state index contributed by atoms with van der Waals surface area (Å²) in [6.07, 6.45) is 1.55. The van der Waals surface area contributed by atoms with E-state index in [9.17, 15) is 4.79 Å². The van der Waals surface area contributed by atoms with Crippen molar-refractivity contribution in [3.05, 3.63) is 48.2 Å². The van der Waals surface area contributed by atoms with E-state index >= 15 is 0 Å². The van der Waals surface area contributed by atoms with Crippen LogP contribution in [0.4, 0.5) is 10.5 Å². The van der Waals surface area contributed by atoms with Crippen LogP contribution in [-0.4, -0.2) is 43.2 Å². The molecule has 1 heterocycles. The molecule has 0 saturated carbocycles. The normalized spacial score (nSPS) is 10.0. The first-order chi connectivity index (χ1) is 11.1. The summed E-state index contributed by atoms with van der Waals surface area (Å²) >= 11 is 0. The van der Waals surface area contributed by atoms with Crippen LogP contribution in [0.5, 0.6) is 11.6 Å². The predicted octanol–water partition coefficient (Wildman–Crippen LogP) is 2.94. The number of nitrogens with zero attached hydrogens (tertiary/aromatic N) is 2. The number of ether oxygens (including phenoxy) is 2. The summed E-state index contributed by atoms with van der Waals surface area (Å²) in [6.45, 7) is 2.92. The molecule has 0 atom stereocenters. The number of carbonyl (C=O) groups is 1. The molecular formula is C17H21N3O3. The summed E-state index contributed by atoms with van der Waals surface area (Å²) in [5, 5.41) is 2.76. The van der Waals surface area contributed by atoms with Crippen molar-refractivity contribution in [2.24, 2.45) is 0 Å². The molecule has 0 fully saturated rings. The zero-order chi connectivity index (χ0) is 16.7. The molecule has 23 heavy (non-hydrogen) atoms. The fourth-order valence-corrected chi connectivity index (χ4v) is 1.83. The lowest BCUT2D eigenvalue weighted by Gasteiger charge is -2.18. The Morgan fingerprint density at radius 2 is 1.96 bits per heavy atom. The Morgan fingerprint density at radius 3 is 2.57 bits per heavy atom. The van der Waals surface area contributed by atoms with Crippen LogP contribution in [0.1, 0.15) is 5.56 Å². The average molecular weight is 315 g/mol. The quantitative estimate of drug-likeness (QED) is 0.890. The molecule has 0 aliphatic rings. The number of anilines is 1. The summed E-state index contributed by atoms with van der Waals surface area (Å²) in [5.74, 6) is 1.30. The molecule has 0 radical (unpaired) electrons. The highest BCUT2D eigenvalue weighted by atomic mass is 16.5. The molecule has 0 saturated heterocycles. The van der Waals surface area contributed by atoms with Crippen molar-refractivity contribution in [1.82, 2.24) is 9.88 Å². The van der Waals surface area contributed by atoms with E-state index in [2.05, 4.69) is 10.3 Å². The number of likely N-dealkylation sites (N-methyl/N-ethyl adjacent to an activating group) is 1. The predicted molar refractivity (Wildman–Crippen MR) is 89.1 cm³/mol. The van der Waals surface area contributed by atoms with Crippen LogP contribution in [0.3, 0.4) is 0 Å². The maximum absolute atomic E-state index is 12.1. The number of amides is 2.